The number of ether oxygens (including phenoxy) is 1. The average molecular weight is 258 g/mol. The van der Waals surface area contributed by atoms with Gasteiger partial charge in [-0.25, -0.2) is 4.79 Å². The molecule has 0 aromatic rings. The van der Waals surface area contributed by atoms with Crippen LogP contribution in [-0.4, -0.2) is 41.5 Å². The van der Waals surface area contributed by atoms with E-state index in [4.69, 9.17) is 9.84 Å². The van der Waals surface area contributed by atoms with Gasteiger partial charge in [0.2, 0.25) is 0 Å². The van der Waals surface area contributed by atoms with Gasteiger partial charge in [-0.1, -0.05) is 0 Å². The van der Waals surface area contributed by atoms with Gasteiger partial charge in [-0.3, -0.25) is 0 Å². The molecule has 0 heterocycles. The van der Waals surface area contributed by atoms with Gasteiger partial charge in [-0.15, -0.1) is 0 Å². The van der Waals surface area contributed by atoms with Crippen molar-refractivity contribution in [2.24, 2.45) is 0 Å². The standard InChI is InChI=1S/C13H26N2O3/c1-9(8-16)14-10-5-6-11(7-10)15-12(17)18-13(2,3)4/h9-11,14,16H,5-8H2,1-4H3,(H,15,17)/t9-,10?,11?/m1/s1. The molecule has 5 heteroatoms. The molecule has 1 fully saturated rings. The molecule has 3 atom stereocenters. The van der Waals surface area contributed by atoms with Gasteiger partial charge in [0.1, 0.15) is 5.60 Å². The van der Waals surface area contributed by atoms with Gasteiger partial charge in [0, 0.05) is 18.1 Å². The summed E-state index contributed by atoms with van der Waals surface area (Å²) in [5, 5.41) is 15.2. The third-order valence-electron chi connectivity index (χ3n) is 2.95. The minimum atomic E-state index is -0.453. The molecular formula is C13H26N2O3. The topological polar surface area (TPSA) is 70.6 Å². The summed E-state index contributed by atoms with van der Waals surface area (Å²) in [5.74, 6) is 0. The zero-order valence-electron chi connectivity index (χ0n) is 11.8. The first-order chi connectivity index (χ1) is 8.30. The SMILES string of the molecule is C[C@H](CO)NC1CCC(NC(=O)OC(C)(C)C)C1. The first-order valence-electron chi connectivity index (χ1n) is 6.66. The van der Waals surface area contributed by atoms with Crippen LogP contribution in [0.5, 0.6) is 0 Å². The number of aliphatic hydroxyl groups is 1. The summed E-state index contributed by atoms with van der Waals surface area (Å²) in [6.45, 7) is 7.66. The first kappa shape index (κ1) is 15.2. The monoisotopic (exact) mass is 258 g/mol. The maximum absolute atomic E-state index is 11.6. The van der Waals surface area contributed by atoms with E-state index in [-0.39, 0.29) is 24.8 Å². The molecule has 106 valence electrons. The molecule has 0 aromatic carbocycles. The Hall–Kier alpha value is -0.810. The zero-order chi connectivity index (χ0) is 13.8. The second-order valence-corrected chi connectivity index (χ2v) is 6.10. The van der Waals surface area contributed by atoms with Crippen molar-refractivity contribution < 1.29 is 14.6 Å². The van der Waals surface area contributed by atoms with Crippen molar-refractivity contribution in [1.29, 1.82) is 0 Å². The molecule has 3 N–H and O–H groups in total. The first-order valence-corrected chi connectivity index (χ1v) is 6.66. The fraction of sp³-hybridized carbons (Fsp3) is 0.923. The van der Waals surface area contributed by atoms with Crippen molar-refractivity contribution in [3.8, 4) is 0 Å². The van der Waals surface area contributed by atoms with Crippen LogP contribution in [0.3, 0.4) is 0 Å². The van der Waals surface area contributed by atoms with E-state index < -0.39 is 5.60 Å². The van der Waals surface area contributed by atoms with Crippen LogP contribution < -0.4 is 10.6 Å². The smallest absolute Gasteiger partial charge is 0.407 e. The van der Waals surface area contributed by atoms with Gasteiger partial charge in [0.05, 0.1) is 6.61 Å². The number of amides is 1. The molecule has 0 aromatic heterocycles. The van der Waals surface area contributed by atoms with Crippen molar-refractivity contribution in [2.75, 3.05) is 6.61 Å². The quantitative estimate of drug-likeness (QED) is 0.713. The molecule has 1 aliphatic rings. The van der Waals surface area contributed by atoms with Crippen LogP contribution >= 0.6 is 0 Å². The minimum absolute atomic E-state index is 0.107. The second kappa shape index (κ2) is 6.38. The van der Waals surface area contributed by atoms with Crippen LogP contribution in [0, 0.1) is 0 Å². The summed E-state index contributed by atoms with van der Waals surface area (Å²) in [6.07, 6.45) is 2.52. The van der Waals surface area contributed by atoms with Gasteiger partial charge < -0.3 is 20.5 Å². The Kier molecular flexibility index (Phi) is 5.41. The van der Waals surface area contributed by atoms with E-state index in [1.807, 2.05) is 27.7 Å². The number of nitrogens with one attached hydrogen (secondary N) is 2. The Labute approximate surface area is 109 Å². The Bertz CT molecular complexity index is 276. The summed E-state index contributed by atoms with van der Waals surface area (Å²) in [7, 11) is 0. The molecular weight excluding hydrogens is 232 g/mol. The number of carbonyl (C=O) groups excluding carboxylic acids is 1. The third-order valence-corrected chi connectivity index (χ3v) is 2.95. The number of alkyl carbamates (subject to hydrolysis) is 1. The average Bonchev–Trinajstić information content (AvgIpc) is 2.62. The summed E-state index contributed by atoms with van der Waals surface area (Å²) < 4.78 is 5.23. The van der Waals surface area contributed by atoms with Gasteiger partial charge in [0.25, 0.3) is 0 Å². The fourth-order valence-electron chi connectivity index (χ4n) is 2.19. The van der Waals surface area contributed by atoms with Crippen molar-refractivity contribution in [3.05, 3.63) is 0 Å². The van der Waals surface area contributed by atoms with E-state index in [0.29, 0.717) is 6.04 Å². The number of rotatable bonds is 4. The zero-order valence-corrected chi connectivity index (χ0v) is 11.8. The molecule has 1 aliphatic carbocycles. The summed E-state index contributed by atoms with van der Waals surface area (Å²) >= 11 is 0. The van der Waals surface area contributed by atoms with Crippen molar-refractivity contribution in [2.45, 2.75) is 70.7 Å². The summed E-state index contributed by atoms with van der Waals surface area (Å²) in [6, 6.07) is 0.644. The highest BCUT2D eigenvalue weighted by Crippen LogP contribution is 2.20. The van der Waals surface area contributed by atoms with E-state index in [1.54, 1.807) is 0 Å². The number of hydrogen-bond donors (Lipinski definition) is 3. The lowest BCUT2D eigenvalue weighted by molar-refractivity contribution is 0.0505. The molecule has 5 nitrogen and oxygen atoms in total. The molecule has 0 spiro atoms. The molecule has 0 saturated heterocycles. The van der Waals surface area contributed by atoms with Crippen LogP contribution in [0.25, 0.3) is 0 Å². The van der Waals surface area contributed by atoms with Crippen molar-refractivity contribution in [1.82, 2.24) is 10.6 Å². The molecule has 18 heavy (non-hydrogen) atoms. The fourth-order valence-corrected chi connectivity index (χ4v) is 2.19. The highest BCUT2D eigenvalue weighted by molar-refractivity contribution is 5.68. The lowest BCUT2D eigenvalue weighted by Crippen LogP contribution is -2.40. The predicted octanol–water partition coefficient (Wildman–Crippen LogP) is 1.40. The van der Waals surface area contributed by atoms with Crippen LogP contribution in [0.15, 0.2) is 0 Å². The maximum atomic E-state index is 11.6. The number of hydrogen-bond acceptors (Lipinski definition) is 4. The molecule has 2 unspecified atom stereocenters. The van der Waals surface area contributed by atoms with Gasteiger partial charge in [0.15, 0.2) is 0 Å². The highest BCUT2D eigenvalue weighted by Gasteiger charge is 2.28. The van der Waals surface area contributed by atoms with Gasteiger partial charge >= 0.3 is 6.09 Å². The Morgan fingerprint density at radius 3 is 2.56 bits per heavy atom. The van der Waals surface area contributed by atoms with Crippen LogP contribution in [0.1, 0.15) is 47.0 Å². The lowest BCUT2D eigenvalue weighted by atomic mass is 10.2. The lowest BCUT2D eigenvalue weighted by Gasteiger charge is -2.22. The second-order valence-electron chi connectivity index (χ2n) is 6.10. The third kappa shape index (κ3) is 5.69. The number of carbonyl (C=O) groups is 1. The normalized spacial score (nSPS) is 25.8. The Morgan fingerprint density at radius 2 is 2.00 bits per heavy atom. The van der Waals surface area contributed by atoms with Crippen molar-refractivity contribution in [3.63, 3.8) is 0 Å². The Morgan fingerprint density at radius 1 is 1.39 bits per heavy atom. The van der Waals surface area contributed by atoms with Crippen LogP contribution in [-0.2, 0) is 4.74 Å². The highest BCUT2D eigenvalue weighted by atomic mass is 16.6. The predicted molar refractivity (Wildman–Crippen MR) is 70.5 cm³/mol. The largest absolute Gasteiger partial charge is 0.444 e. The summed E-state index contributed by atoms with van der Waals surface area (Å²) in [5.41, 5.74) is -0.453. The van der Waals surface area contributed by atoms with Gasteiger partial charge in [-0.2, -0.15) is 0 Å². The van der Waals surface area contributed by atoms with E-state index >= 15 is 0 Å². The molecule has 1 saturated carbocycles. The molecule has 0 aliphatic heterocycles. The molecule has 0 bridgehead atoms. The molecule has 1 rings (SSSR count). The number of aliphatic hydroxyl groups excluding tert-OH is 1. The van der Waals surface area contributed by atoms with E-state index in [0.717, 1.165) is 19.3 Å². The maximum Gasteiger partial charge on any atom is 0.407 e. The van der Waals surface area contributed by atoms with E-state index in [1.165, 1.54) is 0 Å². The minimum Gasteiger partial charge on any atom is -0.444 e. The van der Waals surface area contributed by atoms with Crippen LogP contribution in [0.2, 0.25) is 0 Å². The molecule has 1 amide bonds. The van der Waals surface area contributed by atoms with Crippen LogP contribution in [0.4, 0.5) is 4.79 Å². The molecule has 0 radical (unpaired) electrons. The van der Waals surface area contributed by atoms with E-state index in [2.05, 4.69) is 10.6 Å². The Balaban J connectivity index is 2.28. The van der Waals surface area contributed by atoms with E-state index in [9.17, 15) is 4.79 Å². The van der Waals surface area contributed by atoms with Gasteiger partial charge in [-0.05, 0) is 47.0 Å². The summed E-state index contributed by atoms with van der Waals surface area (Å²) in [4.78, 5) is 11.6. The van der Waals surface area contributed by atoms with Crippen molar-refractivity contribution >= 4 is 6.09 Å².